The highest BCUT2D eigenvalue weighted by Crippen LogP contribution is 2.21. The highest BCUT2D eigenvalue weighted by atomic mass is 19.1. The molecule has 0 atom stereocenters. The van der Waals surface area contributed by atoms with Gasteiger partial charge in [0.05, 0.1) is 0 Å². The zero-order valence-electron chi connectivity index (χ0n) is 14.2. The second kappa shape index (κ2) is 8.14. The summed E-state index contributed by atoms with van der Waals surface area (Å²) in [6, 6.07) is 5.60. The molecule has 1 fully saturated rings. The average Bonchev–Trinajstić information content (AvgIpc) is 3.05. The number of benzene rings is 1. The van der Waals surface area contributed by atoms with Crippen molar-refractivity contribution in [2.45, 2.75) is 19.3 Å². The summed E-state index contributed by atoms with van der Waals surface area (Å²) >= 11 is 0. The Kier molecular flexibility index (Phi) is 5.68. The summed E-state index contributed by atoms with van der Waals surface area (Å²) in [5, 5.41) is 0. The van der Waals surface area contributed by atoms with Crippen LogP contribution in [0.15, 0.2) is 36.4 Å². The molecule has 1 saturated heterocycles. The van der Waals surface area contributed by atoms with Gasteiger partial charge in [-0.15, -0.1) is 0 Å². The standard InChI is InChI=1S/C19H23FN2O3/c20-16-6-8-17(9-7-16)25-14-18(23)21-10-3-11-22(13-12-21)19(24)15-4-1-2-5-15/h1-2,6-9,15H,3-5,10-14H2. The quantitative estimate of drug-likeness (QED) is 0.786. The number of nitrogens with zero attached hydrogens (tertiary/aromatic N) is 2. The number of allylic oxidation sites excluding steroid dienone is 2. The Morgan fingerprint density at radius 2 is 1.64 bits per heavy atom. The first kappa shape index (κ1) is 17.5. The Bertz CT molecular complexity index is 637. The molecular weight excluding hydrogens is 323 g/mol. The molecule has 1 aliphatic heterocycles. The highest BCUT2D eigenvalue weighted by Gasteiger charge is 2.27. The Hall–Kier alpha value is -2.37. The number of halogens is 1. The molecule has 2 aliphatic rings. The number of rotatable bonds is 4. The summed E-state index contributed by atoms with van der Waals surface area (Å²) in [5.41, 5.74) is 0. The highest BCUT2D eigenvalue weighted by molar-refractivity contribution is 5.80. The van der Waals surface area contributed by atoms with Gasteiger partial charge in [0.1, 0.15) is 11.6 Å². The van der Waals surface area contributed by atoms with Crippen LogP contribution < -0.4 is 4.74 Å². The van der Waals surface area contributed by atoms with Crippen molar-refractivity contribution in [1.82, 2.24) is 9.80 Å². The molecule has 5 nitrogen and oxygen atoms in total. The number of amides is 2. The summed E-state index contributed by atoms with van der Waals surface area (Å²) < 4.78 is 18.3. The number of carbonyl (C=O) groups is 2. The number of hydrogen-bond donors (Lipinski definition) is 0. The first-order valence-electron chi connectivity index (χ1n) is 8.73. The maximum Gasteiger partial charge on any atom is 0.260 e. The van der Waals surface area contributed by atoms with Gasteiger partial charge in [-0.3, -0.25) is 9.59 Å². The molecule has 2 amide bonds. The lowest BCUT2D eigenvalue weighted by molar-refractivity contribution is -0.136. The minimum atomic E-state index is -0.339. The third-order valence-corrected chi connectivity index (χ3v) is 4.69. The van der Waals surface area contributed by atoms with E-state index in [4.69, 9.17) is 4.74 Å². The fraction of sp³-hybridized carbons (Fsp3) is 0.474. The maximum atomic E-state index is 12.9. The van der Waals surface area contributed by atoms with Crippen LogP contribution >= 0.6 is 0 Å². The third kappa shape index (κ3) is 4.59. The molecule has 25 heavy (non-hydrogen) atoms. The maximum absolute atomic E-state index is 12.9. The van der Waals surface area contributed by atoms with Gasteiger partial charge >= 0.3 is 0 Å². The van der Waals surface area contributed by atoms with Gasteiger partial charge in [0, 0.05) is 32.1 Å². The molecule has 0 unspecified atom stereocenters. The molecule has 3 rings (SSSR count). The van der Waals surface area contributed by atoms with Gasteiger partial charge in [0.25, 0.3) is 5.91 Å². The van der Waals surface area contributed by atoms with Crippen molar-refractivity contribution in [3.63, 3.8) is 0 Å². The smallest absolute Gasteiger partial charge is 0.260 e. The summed E-state index contributed by atoms with van der Waals surface area (Å²) in [5.74, 6) is 0.288. The van der Waals surface area contributed by atoms with Gasteiger partial charge in [0.15, 0.2) is 6.61 Å². The van der Waals surface area contributed by atoms with E-state index in [1.54, 1.807) is 4.90 Å². The van der Waals surface area contributed by atoms with Crippen molar-refractivity contribution < 1.29 is 18.7 Å². The summed E-state index contributed by atoms with van der Waals surface area (Å²) in [6.07, 6.45) is 6.53. The molecular formula is C19H23FN2O3. The monoisotopic (exact) mass is 346 g/mol. The molecule has 1 aromatic rings. The van der Waals surface area contributed by atoms with Crippen molar-refractivity contribution in [2.75, 3.05) is 32.8 Å². The number of hydrogen-bond acceptors (Lipinski definition) is 3. The average molecular weight is 346 g/mol. The topological polar surface area (TPSA) is 49.9 Å². The molecule has 0 spiro atoms. The van der Waals surface area contributed by atoms with E-state index in [0.29, 0.717) is 31.9 Å². The normalized spacial score (nSPS) is 18.3. The van der Waals surface area contributed by atoms with E-state index in [-0.39, 0.29) is 30.2 Å². The first-order chi connectivity index (χ1) is 12.1. The predicted octanol–water partition coefficient (Wildman–Crippen LogP) is 2.23. The van der Waals surface area contributed by atoms with Crippen molar-refractivity contribution in [1.29, 1.82) is 0 Å². The van der Waals surface area contributed by atoms with Crippen molar-refractivity contribution >= 4 is 11.8 Å². The fourth-order valence-electron chi connectivity index (χ4n) is 3.23. The number of ether oxygens (including phenoxy) is 1. The lowest BCUT2D eigenvalue weighted by Crippen LogP contribution is -2.40. The van der Waals surface area contributed by atoms with Crippen molar-refractivity contribution in [2.24, 2.45) is 5.92 Å². The van der Waals surface area contributed by atoms with Crippen LogP contribution in [0.4, 0.5) is 4.39 Å². The van der Waals surface area contributed by atoms with E-state index in [1.165, 1.54) is 24.3 Å². The van der Waals surface area contributed by atoms with Gasteiger partial charge < -0.3 is 14.5 Å². The van der Waals surface area contributed by atoms with Crippen molar-refractivity contribution in [3.05, 3.63) is 42.2 Å². The predicted molar refractivity (Wildman–Crippen MR) is 91.5 cm³/mol. The van der Waals surface area contributed by atoms with Gasteiger partial charge in [-0.25, -0.2) is 4.39 Å². The van der Waals surface area contributed by atoms with Gasteiger partial charge in [-0.2, -0.15) is 0 Å². The van der Waals surface area contributed by atoms with Crippen LogP contribution in [0.2, 0.25) is 0 Å². The Morgan fingerprint density at radius 3 is 2.36 bits per heavy atom. The fourth-order valence-corrected chi connectivity index (χ4v) is 3.23. The number of carbonyl (C=O) groups excluding carboxylic acids is 2. The van der Waals surface area contributed by atoms with Gasteiger partial charge in [-0.05, 0) is 43.5 Å². The zero-order valence-corrected chi connectivity index (χ0v) is 14.2. The van der Waals surface area contributed by atoms with E-state index in [2.05, 4.69) is 12.2 Å². The van der Waals surface area contributed by atoms with Crippen LogP contribution in [0.1, 0.15) is 19.3 Å². The molecule has 1 aliphatic carbocycles. The first-order valence-corrected chi connectivity index (χ1v) is 8.73. The van der Waals surface area contributed by atoms with Gasteiger partial charge in [0.2, 0.25) is 5.91 Å². The molecule has 0 N–H and O–H groups in total. The minimum Gasteiger partial charge on any atom is -0.484 e. The van der Waals surface area contributed by atoms with Crippen LogP contribution in [0, 0.1) is 11.7 Å². The van der Waals surface area contributed by atoms with Crippen LogP contribution in [-0.2, 0) is 9.59 Å². The largest absolute Gasteiger partial charge is 0.484 e. The Morgan fingerprint density at radius 1 is 1.00 bits per heavy atom. The summed E-state index contributed by atoms with van der Waals surface area (Å²) in [7, 11) is 0. The summed E-state index contributed by atoms with van der Waals surface area (Å²) in [6.45, 7) is 2.33. The van der Waals surface area contributed by atoms with Crippen LogP contribution in [-0.4, -0.2) is 54.4 Å². The molecule has 0 saturated carbocycles. The Balaban J connectivity index is 1.47. The van der Waals surface area contributed by atoms with Crippen LogP contribution in [0.25, 0.3) is 0 Å². The zero-order chi connectivity index (χ0) is 17.6. The molecule has 0 aromatic heterocycles. The van der Waals surface area contributed by atoms with Crippen LogP contribution in [0.3, 0.4) is 0 Å². The van der Waals surface area contributed by atoms with E-state index in [9.17, 15) is 14.0 Å². The molecule has 6 heteroatoms. The minimum absolute atomic E-state index is 0.0732. The molecule has 0 bridgehead atoms. The second-order valence-electron chi connectivity index (χ2n) is 6.44. The van der Waals surface area contributed by atoms with E-state index in [0.717, 1.165) is 19.3 Å². The molecule has 134 valence electrons. The lowest BCUT2D eigenvalue weighted by atomic mass is 10.1. The summed E-state index contributed by atoms with van der Waals surface area (Å²) in [4.78, 5) is 28.5. The third-order valence-electron chi connectivity index (χ3n) is 4.69. The van der Waals surface area contributed by atoms with E-state index >= 15 is 0 Å². The second-order valence-corrected chi connectivity index (χ2v) is 6.44. The molecule has 1 aromatic carbocycles. The Labute approximate surface area is 147 Å². The molecule has 0 radical (unpaired) electrons. The SMILES string of the molecule is O=C(COc1ccc(F)cc1)N1CCCN(C(=O)C2CC=CC2)CC1. The van der Waals surface area contributed by atoms with Crippen molar-refractivity contribution in [3.8, 4) is 5.75 Å². The van der Waals surface area contributed by atoms with Gasteiger partial charge in [-0.1, -0.05) is 12.2 Å². The van der Waals surface area contributed by atoms with E-state index in [1.807, 2.05) is 4.90 Å². The lowest BCUT2D eigenvalue weighted by Gasteiger charge is -2.24. The molecule has 1 heterocycles. The van der Waals surface area contributed by atoms with E-state index < -0.39 is 0 Å². The van der Waals surface area contributed by atoms with Crippen LogP contribution in [0.5, 0.6) is 5.75 Å².